The molecule has 0 spiro atoms. The lowest BCUT2D eigenvalue weighted by molar-refractivity contribution is -0.144. The van der Waals surface area contributed by atoms with Crippen LogP contribution in [0.3, 0.4) is 0 Å². The highest BCUT2D eigenvalue weighted by molar-refractivity contribution is 9.13. The second kappa shape index (κ2) is 10.8. The zero-order chi connectivity index (χ0) is 24.3. The van der Waals surface area contributed by atoms with Crippen molar-refractivity contribution in [2.75, 3.05) is 6.61 Å². The first kappa shape index (κ1) is 25.4. The number of aromatic nitrogens is 2. The molecule has 2 aromatic carbocycles. The van der Waals surface area contributed by atoms with Gasteiger partial charge < -0.3 is 14.6 Å². The normalized spacial score (nSPS) is 12.3. The van der Waals surface area contributed by atoms with Crippen molar-refractivity contribution >= 4 is 70.9 Å². The van der Waals surface area contributed by atoms with Gasteiger partial charge in [-0.1, -0.05) is 22.9 Å². The number of hydrogen-bond donors (Lipinski definition) is 1. The Hall–Kier alpha value is -2.24. The lowest BCUT2D eigenvalue weighted by Gasteiger charge is -2.18. The quantitative estimate of drug-likeness (QED) is 0.330. The third kappa shape index (κ3) is 5.47. The highest BCUT2D eigenvalue weighted by Gasteiger charge is 2.22. The van der Waals surface area contributed by atoms with Gasteiger partial charge in [-0.25, -0.2) is 9.78 Å². The number of halogens is 3. The molecular weight excluding hydrogens is 626 g/mol. The molecule has 3 rings (SSSR count). The molecule has 0 bridgehead atoms. The predicted octanol–water partition coefficient (Wildman–Crippen LogP) is 5.38. The minimum absolute atomic E-state index is 0.249. The summed E-state index contributed by atoms with van der Waals surface area (Å²) in [6.07, 6.45) is 0.932. The molecule has 33 heavy (non-hydrogen) atoms. The maximum Gasteiger partial charge on any atom is 0.344 e. The number of aliphatic carboxylic acids is 1. The second-order valence-corrected chi connectivity index (χ2v) is 9.36. The summed E-state index contributed by atoms with van der Waals surface area (Å²) in [6.45, 7) is 5.47. The molecule has 1 atom stereocenters. The molecule has 0 radical (unpaired) electrons. The second-order valence-electron chi connectivity index (χ2n) is 6.86. The summed E-state index contributed by atoms with van der Waals surface area (Å²) in [6, 6.07) is 6.99. The third-order valence-corrected chi connectivity index (χ3v) is 7.24. The van der Waals surface area contributed by atoms with Crippen LogP contribution in [0.4, 0.5) is 0 Å². The van der Waals surface area contributed by atoms with E-state index in [-0.39, 0.29) is 11.3 Å². The Balaban J connectivity index is 2.12. The summed E-state index contributed by atoms with van der Waals surface area (Å²) in [7, 11) is 0. The maximum absolute atomic E-state index is 13.1. The van der Waals surface area contributed by atoms with Gasteiger partial charge in [0.05, 0.1) is 28.2 Å². The minimum Gasteiger partial charge on any atom is -0.490 e. The smallest absolute Gasteiger partial charge is 0.344 e. The number of carboxylic acid groups (broad SMARTS) is 1. The summed E-state index contributed by atoms with van der Waals surface area (Å²) in [5.41, 5.74) is 0.900. The fraction of sp³-hybridized carbons (Fsp3) is 0.273. The molecular formula is C22H20Br3N3O5. The molecule has 11 heteroatoms. The van der Waals surface area contributed by atoms with Crippen LogP contribution in [0.1, 0.15) is 32.2 Å². The number of nitrogens with zero attached hydrogens (tertiary/aromatic N) is 3. The molecule has 0 aliphatic heterocycles. The summed E-state index contributed by atoms with van der Waals surface area (Å²) < 4.78 is 14.3. The first-order valence-corrected chi connectivity index (χ1v) is 12.4. The SMILES string of the molecule is CCOc1cc(C=Nn2c(CC)nc3ccc(Br)cc3c2=O)c(Br)c(Br)c1O[C@H](C)C(=O)O. The Bertz CT molecular complexity index is 1310. The van der Waals surface area contributed by atoms with Crippen LogP contribution in [-0.2, 0) is 11.2 Å². The van der Waals surface area contributed by atoms with Gasteiger partial charge in [0, 0.05) is 20.9 Å². The maximum atomic E-state index is 13.1. The van der Waals surface area contributed by atoms with Crippen molar-refractivity contribution in [3.05, 3.63) is 59.4 Å². The van der Waals surface area contributed by atoms with E-state index < -0.39 is 12.1 Å². The average molecular weight is 646 g/mol. The fourth-order valence-corrected chi connectivity index (χ4v) is 4.24. The largest absolute Gasteiger partial charge is 0.490 e. The van der Waals surface area contributed by atoms with Crippen molar-refractivity contribution in [1.29, 1.82) is 0 Å². The van der Waals surface area contributed by atoms with Crippen molar-refractivity contribution in [1.82, 2.24) is 9.66 Å². The van der Waals surface area contributed by atoms with E-state index in [0.717, 1.165) is 4.47 Å². The fourth-order valence-electron chi connectivity index (χ4n) is 2.96. The van der Waals surface area contributed by atoms with Crippen molar-refractivity contribution in [3.8, 4) is 11.5 Å². The van der Waals surface area contributed by atoms with E-state index in [4.69, 9.17) is 9.47 Å². The van der Waals surface area contributed by atoms with Crippen LogP contribution in [-0.4, -0.2) is 39.7 Å². The van der Waals surface area contributed by atoms with Gasteiger partial charge in [-0.05, 0) is 70.0 Å². The summed E-state index contributed by atoms with van der Waals surface area (Å²) in [5.74, 6) is -0.000264. The highest BCUT2D eigenvalue weighted by Crippen LogP contribution is 2.43. The number of fused-ring (bicyclic) bond motifs is 1. The lowest BCUT2D eigenvalue weighted by Crippen LogP contribution is -2.23. The molecule has 1 aromatic heterocycles. The Labute approximate surface area is 215 Å². The summed E-state index contributed by atoms with van der Waals surface area (Å²) in [5, 5.41) is 14.1. The van der Waals surface area contributed by atoms with Crippen molar-refractivity contribution in [2.45, 2.75) is 33.3 Å². The number of carboxylic acids is 1. The van der Waals surface area contributed by atoms with Gasteiger partial charge in [-0.3, -0.25) is 4.79 Å². The van der Waals surface area contributed by atoms with E-state index in [0.29, 0.717) is 50.0 Å². The highest BCUT2D eigenvalue weighted by atomic mass is 79.9. The van der Waals surface area contributed by atoms with Crippen molar-refractivity contribution < 1.29 is 19.4 Å². The number of hydrogen-bond acceptors (Lipinski definition) is 6. The molecule has 0 amide bonds. The summed E-state index contributed by atoms with van der Waals surface area (Å²) in [4.78, 5) is 28.9. The van der Waals surface area contributed by atoms with Gasteiger partial charge in [0.25, 0.3) is 5.56 Å². The average Bonchev–Trinajstić information content (AvgIpc) is 2.78. The molecule has 8 nitrogen and oxygen atoms in total. The molecule has 0 unspecified atom stereocenters. The van der Waals surface area contributed by atoms with Gasteiger partial charge in [-0.2, -0.15) is 9.78 Å². The molecule has 0 saturated carbocycles. The van der Waals surface area contributed by atoms with Crippen LogP contribution in [0, 0.1) is 0 Å². The number of ether oxygens (including phenoxy) is 2. The molecule has 3 aromatic rings. The van der Waals surface area contributed by atoms with Crippen molar-refractivity contribution in [2.24, 2.45) is 5.10 Å². The predicted molar refractivity (Wildman–Crippen MR) is 137 cm³/mol. The molecule has 1 heterocycles. The molecule has 1 N–H and O–H groups in total. The number of aryl methyl sites for hydroxylation is 1. The molecule has 0 fully saturated rings. The third-order valence-electron chi connectivity index (χ3n) is 4.60. The summed E-state index contributed by atoms with van der Waals surface area (Å²) >= 11 is 10.3. The van der Waals surface area contributed by atoms with Crippen LogP contribution in [0.25, 0.3) is 10.9 Å². The van der Waals surface area contributed by atoms with Crippen LogP contribution >= 0.6 is 47.8 Å². The van der Waals surface area contributed by atoms with Gasteiger partial charge in [-0.15, -0.1) is 0 Å². The van der Waals surface area contributed by atoms with Gasteiger partial charge >= 0.3 is 5.97 Å². The van der Waals surface area contributed by atoms with Crippen molar-refractivity contribution in [3.63, 3.8) is 0 Å². The zero-order valence-corrected chi connectivity index (χ0v) is 22.7. The zero-order valence-electron chi connectivity index (χ0n) is 17.9. The van der Waals surface area contributed by atoms with Gasteiger partial charge in [0.15, 0.2) is 17.6 Å². The van der Waals surface area contributed by atoms with Crippen LogP contribution in [0.2, 0.25) is 0 Å². The van der Waals surface area contributed by atoms with E-state index in [2.05, 4.69) is 57.9 Å². The minimum atomic E-state index is -1.10. The first-order valence-electron chi connectivity index (χ1n) is 9.97. The Morgan fingerprint density at radius 3 is 2.61 bits per heavy atom. The van der Waals surface area contributed by atoms with Crippen LogP contribution in [0.15, 0.2) is 47.6 Å². The lowest BCUT2D eigenvalue weighted by atomic mass is 10.2. The van der Waals surface area contributed by atoms with E-state index in [1.54, 1.807) is 25.1 Å². The number of rotatable bonds is 8. The van der Waals surface area contributed by atoms with E-state index >= 15 is 0 Å². The molecule has 0 saturated heterocycles. The van der Waals surface area contributed by atoms with E-state index in [1.165, 1.54) is 17.8 Å². The van der Waals surface area contributed by atoms with E-state index in [1.807, 2.05) is 13.0 Å². The molecule has 174 valence electrons. The van der Waals surface area contributed by atoms with Gasteiger partial charge in [0.2, 0.25) is 0 Å². The van der Waals surface area contributed by atoms with E-state index in [9.17, 15) is 14.7 Å². The first-order chi connectivity index (χ1) is 15.7. The Kier molecular flexibility index (Phi) is 8.30. The molecule has 0 aliphatic rings. The van der Waals surface area contributed by atoms with Crippen LogP contribution in [0.5, 0.6) is 11.5 Å². The standard InChI is InChI=1S/C22H20Br3N3O5/c1-4-17-27-15-7-6-13(23)9-14(15)21(29)28(17)26-10-12-8-16(32-5-2)20(19(25)18(12)24)33-11(3)22(30)31/h6-11H,4-5H2,1-3H3,(H,30,31)/t11-/m1/s1. The van der Waals surface area contributed by atoms with Gasteiger partial charge in [0.1, 0.15) is 5.82 Å². The Morgan fingerprint density at radius 2 is 1.97 bits per heavy atom. The topological polar surface area (TPSA) is 103 Å². The number of benzene rings is 2. The van der Waals surface area contributed by atoms with Crippen LogP contribution < -0.4 is 15.0 Å². The Morgan fingerprint density at radius 1 is 1.24 bits per heavy atom. The monoisotopic (exact) mass is 643 g/mol. The molecule has 0 aliphatic carbocycles. The number of carbonyl (C=O) groups is 1.